The first kappa shape index (κ1) is 13.9. The Bertz CT molecular complexity index is 497. The Morgan fingerprint density at radius 1 is 1.53 bits per heavy atom. The van der Waals surface area contributed by atoms with Gasteiger partial charge in [0.05, 0.1) is 17.3 Å². The zero-order chi connectivity index (χ0) is 14.0. The Balaban J connectivity index is 2.14. The van der Waals surface area contributed by atoms with Gasteiger partial charge in [0, 0.05) is 6.07 Å². The number of pyridine rings is 1. The average molecular weight is 285 g/mol. The van der Waals surface area contributed by atoms with Crippen molar-refractivity contribution >= 4 is 23.5 Å². The topological polar surface area (TPSA) is 60.5 Å². The molecule has 0 bridgehead atoms. The van der Waals surface area contributed by atoms with Crippen LogP contribution in [-0.4, -0.2) is 23.3 Å². The minimum Gasteiger partial charge on any atom is -0.492 e. The van der Waals surface area contributed by atoms with E-state index in [1.807, 2.05) is 0 Å². The molecule has 0 atom stereocenters. The number of rotatable bonds is 1. The summed E-state index contributed by atoms with van der Waals surface area (Å²) < 4.78 is 10.6. The fourth-order valence-corrected chi connectivity index (χ4v) is 1.91. The van der Waals surface area contributed by atoms with Crippen molar-refractivity contribution in [3.8, 4) is 5.75 Å². The van der Waals surface area contributed by atoms with Crippen molar-refractivity contribution in [2.24, 2.45) is 0 Å². The molecule has 19 heavy (non-hydrogen) atoms. The van der Waals surface area contributed by atoms with E-state index in [9.17, 15) is 4.79 Å². The first-order valence-electron chi connectivity index (χ1n) is 6.17. The van der Waals surface area contributed by atoms with E-state index in [4.69, 9.17) is 21.1 Å². The molecular weight excluding hydrogens is 268 g/mol. The lowest BCUT2D eigenvalue weighted by atomic mass is 10.1. The van der Waals surface area contributed by atoms with Gasteiger partial charge >= 0.3 is 6.09 Å². The zero-order valence-corrected chi connectivity index (χ0v) is 12.0. The number of halogens is 1. The Morgan fingerprint density at radius 2 is 2.26 bits per heavy atom. The fourth-order valence-electron chi connectivity index (χ4n) is 1.72. The first-order valence-corrected chi connectivity index (χ1v) is 6.55. The molecule has 0 aliphatic carbocycles. The van der Waals surface area contributed by atoms with Crippen LogP contribution in [0.3, 0.4) is 0 Å². The van der Waals surface area contributed by atoms with Crippen LogP contribution in [0.4, 0.5) is 10.6 Å². The van der Waals surface area contributed by atoms with Gasteiger partial charge in [0.1, 0.15) is 11.4 Å². The third-order valence-corrected chi connectivity index (χ3v) is 2.74. The van der Waals surface area contributed by atoms with E-state index in [-0.39, 0.29) is 0 Å². The average Bonchev–Trinajstić information content (AvgIpc) is 2.27. The highest BCUT2D eigenvalue weighted by Gasteiger charge is 2.20. The van der Waals surface area contributed by atoms with E-state index in [1.54, 1.807) is 26.8 Å². The number of carbonyl (C=O) groups is 1. The lowest BCUT2D eigenvalue weighted by molar-refractivity contribution is 0.0635. The normalized spacial score (nSPS) is 14.3. The van der Waals surface area contributed by atoms with E-state index >= 15 is 0 Å². The number of carbonyl (C=O) groups excluding carboxylic acids is 1. The molecule has 0 unspecified atom stereocenters. The van der Waals surface area contributed by atoms with Crippen LogP contribution in [0.5, 0.6) is 5.75 Å². The van der Waals surface area contributed by atoms with Gasteiger partial charge in [-0.3, -0.25) is 5.32 Å². The second-order valence-corrected chi connectivity index (χ2v) is 5.75. The molecule has 5 nitrogen and oxygen atoms in total. The number of nitrogens with zero attached hydrogens (tertiary/aromatic N) is 1. The van der Waals surface area contributed by atoms with Crippen LogP contribution in [0.25, 0.3) is 0 Å². The smallest absolute Gasteiger partial charge is 0.413 e. The molecule has 1 aromatic rings. The molecule has 1 N–H and O–H groups in total. The molecule has 0 saturated heterocycles. The van der Waals surface area contributed by atoms with Crippen LogP contribution >= 0.6 is 11.6 Å². The summed E-state index contributed by atoms with van der Waals surface area (Å²) in [6.45, 7) is 6.05. The molecule has 2 rings (SSSR count). The van der Waals surface area contributed by atoms with Gasteiger partial charge in [-0.05, 0) is 33.6 Å². The number of aromatic nitrogens is 1. The Hall–Kier alpha value is -1.49. The SMILES string of the molecule is CC(C)(C)OC(=O)Nc1nc2c(cc1Cl)OCCC2. The van der Waals surface area contributed by atoms with Crippen molar-refractivity contribution in [1.29, 1.82) is 0 Å². The molecule has 0 aromatic carbocycles. The molecule has 2 heterocycles. The Labute approximate surface area is 117 Å². The van der Waals surface area contributed by atoms with Crippen molar-refractivity contribution in [3.63, 3.8) is 0 Å². The number of hydrogen-bond acceptors (Lipinski definition) is 4. The minimum atomic E-state index is -0.571. The fraction of sp³-hybridized carbons (Fsp3) is 0.538. The van der Waals surface area contributed by atoms with Crippen molar-refractivity contribution < 1.29 is 14.3 Å². The summed E-state index contributed by atoms with van der Waals surface area (Å²) in [6.07, 6.45) is 1.15. The lowest BCUT2D eigenvalue weighted by Crippen LogP contribution is -2.27. The second kappa shape index (κ2) is 5.25. The number of ether oxygens (including phenoxy) is 2. The van der Waals surface area contributed by atoms with Gasteiger partial charge in [-0.25, -0.2) is 9.78 Å². The first-order chi connectivity index (χ1) is 8.85. The molecule has 1 aliphatic heterocycles. The highest BCUT2D eigenvalue weighted by molar-refractivity contribution is 6.33. The Kier molecular flexibility index (Phi) is 3.85. The highest BCUT2D eigenvalue weighted by atomic mass is 35.5. The molecular formula is C13H17ClN2O3. The number of fused-ring (bicyclic) bond motifs is 1. The number of anilines is 1. The molecule has 1 aliphatic rings. The third kappa shape index (κ3) is 3.73. The van der Waals surface area contributed by atoms with E-state index < -0.39 is 11.7 Å². The maximum Gasteiger partial charge on any atom is 0.413 e. The molecule has 104 valence electrons. The van der Waals surface area contributed by atoms with Crippen LogP contribution in [0.1, 0.15) is 32.9 Å². The van der Waals surface area contributed by atoms with E-state index in [0.717, 1.165) is 18.5 Å². The minimum absolute atomic E-state index is 0.306. The van der Waals surface area contributed by atoms with Gasteiger partial charge in [0.15, 0.2) is 5.82 Å². The third-order valence-electron chi connectivity index (χ3n) is 2.45. The molecule has 1 aromatic heterocycles. The van der Waals surface area contributed by atoms with E-state index in [1.165, 1.54) is 0 Å². The molecule has 6 heteroatoms. The predicted molar refractivity (Wildman–Crippen MR) is 72.9 cm³/mol. The predicted octanol–water partition coefficient (Wildman–Crippen LogP) is 3.41. The van der Waals surface area contributed by atoms with Gasteiger partial charge in [-0.2, -0.15) is 0 Å². The zero-order valence-electron chi connectivity index (χ0n) is 11.2. The van der Waals surface area contributed by atoms with Gasteiger partial charge in [0.2, 0.25) is 0 Å². The van der Waals surface area contributed by atoms with Gasteiger partial charge < -0.3 is 9.47 Å². The summed E-state index contributed by atoms with van der Waals surface area (Å²) in [6, 6.07) is 1.68. The summed E-state index contributed by atoms with van der Waals surface area (Å²) in [4.78, 5) is 16.0. The van der Waals surface area contributed by atoms with E-state index in [2.05, 4.69) is 10.3 Å². The van der Waals surface area contributed by atoms with Crippen LogP contribution < -0.4 is 10.1 Å². The van der Waals surface area contributed by atoms with Crippen molar-refractivity contribution in [2.45, 2.75) is 39.2 Å². The molecule has 0 radical (unpaired) electrons. The molecule has 1 amide bonds. The van der Waals surface area contributed by atoms with Gasteiger partial charge in [-0.15, -0.1) is 0 Å². The van der Waals surface area contributed by atoms with Crippen LogP contribution in [0, 0.1) is 0 Å². The Morgan fingerprint density at radius 3 is 2.95 bits per heavy atom. The van der Waals surface area contributed by atoms with Crippen molar-refractivity contribution in [3.05, 3.63) is 16.8 Å². The number of aryl methyl sites for hydroxylation is 1. The summed E-state index contributed by atoms with van der Waals surface area (Å²) in [7, 11) is 0. The summed E-state index contributed by atoms with van der Waals surface area (Å²) in [5.41, 5.74) is 0.246. The van der Waals surface area contributed by atoms with Crippen LogP contribution in [0.2, 0.25) is 5.02 Å². The number of amides is 1. The standard InChI is InChI=1S/C13H17ClN2O3/c1-13(2,3)19-12(17)16-11-8(14)7-10-9(15-11)5-4-6-18-10/h7H,4-6H2,1-3H3,(H,15,16,17). The molecule has 0 fully saturated rings. The maximum absolute atomic E-state index is 11.7. The van der Waals surface area contributed by atoms with Gasteiger partial charge in [0.25, 0.3) is 0 Å². The number of hydrogen-bond donors (Lipinski definition) is 1. The second-order valence-electron chi connectivity index (χ2n) is 5.34. The summed E-state index contributed by atoms with van der Waals surface area (Å²) in [5, 5.41) is 2.90. The van der Waals surface area contributed by atoms with Crippen molar-refractivity contribution in [2.75, 3.05) is 11.9 Å². The van der Waals surface area contributed by atoms with Gasteiger partial charge in [-0.1, -0.05) is 11.6 Å². The number of nitrogens with one attached hydrogen (secondary N) is 1. The molecule has 0 spiro atoms. The van der Waals surface area contributed by atoms with Crippen molar-refractivity contribution in [1.82, 2.24) is 4.98 Å². The summed E-state index contributed by atoms with van der Waals surface area (Å²) in [5.74, 6) is 0.992. The summed E-state index contributed by atoms with van der Waals surface area (Å²) >= 11 is 6.06. The highest BCUT2D eigenvalue weighted by Crippen LogP contribution is 2.31. The van der Waals surface area contributed by atoms with Crippen LogP contribution in [0.15, 0.2) is 6.07 Å². The lowest BCUT2D eigenvalue weighted by Gasteiger charge is -2.21. The van der Waals surface area contributed by atoms with Crippen LogP contribution in [-0.2, 0) is 11.2 Å². The maximum atomic E-state index is 11.7. The largest absolute Gasteiger partial charge is 0.492 e. The molecule has 0 saturated carbocycles. The monoisotopic (exact) mass is 284 g/mol. The quantitative estimate of drug-likeness (QED) is 0.858. The van der Waals surface area contributed by atoms with E-state index in [0.29, 0.717) is 23.2 Å².